The van der Waals surface area contributed by atoms with Crippen LogP contribution in [0.5, 0.6) is 0 Å². The lowest BCUT2D eigenvalue weighted by atomic mass is 9.87. The first kappa shape index (κ1) is 28.0. The summed E-state index contributed by atoms with van der Waals surface area (Å²) in [7, 11) is 0. The number of fused-ring (bicyclic) bond motifs is 1. The molecule has 0 aliphatic heterocycles. The summed E-state index contributed by atoms with van der Waals surface area (Å²) in [5.74, 6) is -0.655. The molecule has 0 bridgehead atoms. The van der Waals surface area contributed by atoms with Crippen molar-refractivity contribution in [2.24, 2.45) is 0 Å². The molecule has 2 heterocycles. The van der Waals surface area contributed by atoms with Crippen LogP contribution in [0.2, 0.25) is 0 Å². The van der Waals surface area contributed by atoms with E-state index in [1.54, 1.807) is 18.3 Å². The highest BCUT2D eigenvalue weighted by molar-refractivity contribution is 6.04. The number of amides is 1. The van der Waals surface area contributed by atoms with Crippen molar-refractivity contribution in [2.45, 2.75) is 40.0 Å². The summed E-state index contributed by atoms with van der Waals surface area (Å²) in [5, 5.41) is 15.4. The van der Waals surface area contributed by atoms with Crippen LogP contribution in [0.4, 0.5) is 17.2 Å². The Balaban J connectivity index is 0.00000181. The maximum absolute atomic E-state index is 12.9. The van der Waals surface area contributed by atoms with E-state index in [1.807, 2.05) is 79.2 Å². The molecule has 3 N–H and O–H groups in total. The second kappa shape index (κ2) is 11.8. The van der Waals surface area contributed by atoms with Gasteiger partial charge in [0.25, 0.3) is 5.91 Å². The summed E-state index contributed by atoms with van der Waals surface area (Å²) >= 11 is 0. The number of carboxylic acids is 1. The molecule has 0 aliphatic rings. The smallest absolute Gasteiger partial charge is 0.335 e. The van der Waals surface area contributed by atoms with Crippen LogP contribution in [0.1, 0.15) is 60.9 Å². The molecule has 0 aliphatic carbocycles. The van der Waals surface area contributed by atoms with Crippen molar-refractivity contribution < 1.29 is 14.7 Å². The fourth-order valence-electron chi connectivity index (χ4n) is 4.07. The van der Waals surface area contributed by atoms with Crippen molar-refractivity contribution in [1.29, 1.82) is 0 Å². The van der Waals surface area contributed by atoms with Crippen LogP contribution in [0.3, 0.4) is 0 Å². The average molecular weight is 536 g/mol. The standard InChI is InChI=1S/C30H27N5O3.C2H6/c1-30(2,3)22-11-7-19(8-12-22)28(36)33-24-6-4-5-21(17-24)25-18-35-16-15-31-27(35)26(34-25)32-23-13-9-20(10-14-23)29(37)38;1-2/h4-18H,1-3H3,(H,32,34)(H,33,36)(H,37,38);1-2H3. The molecule has 40 heavy (non-hydrogen) atoms. The third-order valence-electron chi connectivity index (χ3n) is 6.20. The van der Waals surface area contributed by atoms with Crippen LogP contribution in [-0.2, 0) is 5.41 Å². The number of imidazole rings is 1. The number of aromatic nitrogens is 3. The van der Waals surface area contributed by atoms with Gasteiger partial charge in [-0.25, -0.2) is 14.8 Å². The van der Waals surface area contributed by atoms with Gasteiger partial charge in [-0.3, -0.25) is 4.79 Å². The number of rotatable bonds is 6. The van der Waals surface area contributed by atoms with Gasteiger partial charge in [0.1, 0.15) is 0 Å². The van der Waals surface area contributed by atoms with Crippen molar-refractivity contribution in [3.05, 3.63) is 108 Å². The molecule has 8 heteroatoms. The highest BCUT2D eigenvalue weighted by Gasteiger charge is 2.15. The van der Waals surface area contributed by atoms with Gasteiger partial charge in [0, 0.05) is 41.1 Å². The van der Waals surface area contributed by atoms with E-state index in [2.05, 4.69) is 36.4 Å². The number of nitrogens with zero attached hydrogens (tertiary/aromatic N) is 3. The lowest BCUT2D eigenvalue weighted by Crippen LogP contribution is -2.14. The predicted octanol–water partition coefficient (Wildman–Crippen LogP) is 7.41. The highest BCUT2D eigenvalue weighted by Crippen LogP contribution is 2.27. The second-order valence-corrected chi connectivity index (χ2v) is 10.0. The monoisotopic (exact) mass is 535 g/mol. The van der Waals surface area contributed by atoms with Crippen LogP contribution >= 0.6 is 0 Å². The molecule has 0 radical (unpaired) electrons. The fraction of sp³-hybridized carbons (Fsp3) is 0.188. The van der Waals surface area contributed by atoms with E-state index in [1.165, 1.54) is 17.7 Å². The zero-order chi connectivity index (χ0) is 28.9. The van der Waals surface area contributed by atoms with Crippen LogP contribution in [-0.4, -0.2) is 31.4 Å². The van der Waals surface area contributed by atoms with Gasteiger partial charge in [0.2, 0.25) is 0 Å². The number of nitrogens with one attached hydrogen (secondary N) is 2. The van der Waals surface area contributed by atoms with Crippen LogP contribution in [0, 0.1) is 0 Å². The van der Waals surface area contributed by atoms with E-state index in [0.717, 1.165) is 5.56 Å². The maximum Gasteiger partial charge on any atom is 0.335 e. The number of hydrogen-bond donors (Lipinski definition) is 3. The van der Waals surface area contributed by atoms with Gasteiger partial charge in [-0.2, -0.15) is 0 Å². The third kappa shape index (κ3) is 6.35. The Morgan fingerprint density at radius 3 is 2.20 bits per heavy atom. The second-order valence-electron chi connectivity index (χ2n) is 10.0. The average Bonchev–Trinajstić information content (AvgIpc) is 3.43. The molecule has 0 saturated carbocycles. The maximum atomic E-state index is 12.9. The first-order chi connectivity index (χ1) is 19.2. The van der Waals surface area contributed by atoms with Crippen molar-refractivity contribution in [2.75, 3.05) is 10.6 Å². The molecule has 2 aromatic heterocycles. The fourth-order valence-corrected chi connectivity index (χ4v) is 4.07. The van der Waals surface area contributed by atoms with Gasteiger partial charge >= 0.3 is 5.97 Å². The molecule has 3 aromatic carbocycles. The molecular weight excluding hydrogens is 502 g/mol. The van der Waals surface area contributed by atoms with Crippen molar-refractivity contribution in [3.8, 4) is 11.3 Å². The number of benzene rings is 3. The normalized spacial score (nSPS) is 10.9. The summed E-state index contributed by atoms with van der Waals surface area (Å²) in [5.41, 5.74) is 5.41. The summed E-state index contributed by atoms with van der Waals surface area (Å²) < 4.78 is 1.86. The Hall–Kier alpha value is -4.98. The molecule has 0 spiro atoms. The zero-order valence-corrected chi connectivity index (χ0v) is 23.3. The molecule has 5 rings (SSSR count). The van der Waals surface area contributed by atoms with Crippen LogP contribution < -0.4 is 10.6 Å². The van der Waals surface area contributed by atoms with Crippen molar-refractivity contribution in [3.63, 3.8) is 0 Å². The summed E-state index contributed by atoms with van der Waals surface area (Å²) in [6.07, 6.45) is 5.38. The Labute approximate surface area is 233 Å². The lowest BCUT2D eigenvalue weighted by Gasteiger charge is -2.19. The Morgan fingerprint density at radius 2 is 1.55 bits per heavy atom. The minimum atomic E-state index is -0.985. The number of carbonyl (C=O) groups is 2. The van der Waals surface area contributed by atoms with E-state index >= 15 is 0 Å². The largest absolute Gasteiger partial charge is 0.478 e. The first-order valence-corrected chi connectivity index (χ1v) is 13.1. The SMILES string of the molecule is CC.CC(C)(C)c1ccc(C(=O)Nc2cccc(-c3cn4ccnc4c(Nc4ccc(C(=O)O)cc4)n3)c2)cc1. The van der Waals surface area contributed by atoms with Crippen molar-refractivity contribution >= 4 is 34.7 Å². The van der Waals surface area contributed by atoms with Gasteiger partial charge < -0.3 is 20.1 Å². The number of anilines is 3. The molecule has 204 valence electrons. The minimum absolute atomic E-state index is 0.0162. The molecule has 0 saturated heterocycles. The van der Waals surface area contributed by atoms with E-state index < -0.39 is 5.97 Å². The molecule has 5 aromatic rings. The Morgan fingerprint density at radius 1 is 0.875 bits per heavy atom. The Kier molecular flexibility index (Phi) is 8.29. The minimum Gasteiger partial charge on any atom is -0.478 e. The van der Waals surface area contributed by atoms with E-state index in [-0.39, 0.29) is 16.9 Å². The van der Waals surface area contributed by atoms with Gasteiger partial charge in [0.15, 0.2) is 11.5 Å². The first-order valence-electron chi connectivity index (χ1n) is 13.1. The lowest BCUT2D eigenvalue weighted by molar-refractivity contribution is 0.0696. The van der Waals surface area contributed by atoms with Gasteiger partial charge in [-0.15, -0.1) is 0 Å². The summed E-state index contributed by atoms with van der Waals surface area (Å²) in [6.45, 7) is 10.4. The molecule has 0 unspecified atom stereocenters. The quantitative estimate of drug-likeness (QED) is 0.209. The molecular formula is C32H33N5O3. The van der Waals surface area contributed by atoms with Gasteiger partial charge in [-0.1, -0.05) is 58.9 Å². The molecule has 0 atom stereocenters. The van der Waals surface area contributed by atoms with Crippen molar-refractivity contribution in [1.82, 2.24) is 14.4 Å². The molecule has 1 amide bonds. The number of hydrogen-bond acceptors (Lipinski definition) is 5. The van der Waals surface area contributed by atoms with Gasteiger partial charge in [0.05, 0.1) is 11.3 Å². The third-order valence-corrected chi connectivity index (χ3v) is 6.20. The van der Waals surface area contributed by atoms with Gasteiger partial charge in [-0.05, 0) is 59.5 Å². The Bertz CT molecular complexity index is 1630. The highest BCUT2D eigenvalue weighted by atomic mass is 16.4. The summed E-state index contributed by atoms with van der Waals surface area (Å²) in [6, 6.07) is 21.6. The molecule has 0 fully saturated rings. The predicted molar refractivity (Wildman–Crippen MR) is 160 cm³/mol. The number of aromatic carboxylic acids is 1. The van der Waals surface area contributed by atoms with E-state index in [0.29, 0.717) is 34.1 Å². The number of carboxylic acid groups (broad SMARTS) is 1. The summed E-state index contributed by atoms with van der Waals surface area (Å²) in [4.78, 5) is 33.2. The zero-order valence-electron chi connectivity index (χ0n) is 23.3. The topological polar surface area (TPSA) is 109 Å². The number of carbonyl (C=O) groups excluding carboxylic acids is 1. The molecule has 8 nitrogen and oxygen atoms in total. The van der Waals surface area contributed by atoms with Crippen LogP contribution in [0.15, 0.2) is 91.4 Å². The van der Waals surface area contributed by atoms with Crippen LogP contribution in [0.25, 0.3) is 16.9 Å². The van der Waals surface area contributed by atoms with E-state index in [4.69, 9.17) is 10.1 Å². The van der Waals surface area contributed by atoms with E-state index in [9.17, 15) is 9.59 Å².